The van der Waals surface area contributed by atoms with E-state index in [2.05, 4.69) is 87.1 Å². The largest absolute Gasteiger partial charge is 0.453 e. The summed E-state index contributed by atoms with van der Waals surface area (Å²) >= 11 is 0. The molecule has 0 spiro atoms. The average molecular weight is 447 g/mol. The highest BCUT2D eigenvalue weighted by Crippen LogP contribution is 2.42. The molecule has 0 aliphatic rings. The Morgan fingerprint density at radius 1 is 0.882 bits per heavy atom. The van der Waals surface area contributed by atoms with Crippen molar-refractivity contribution in [1.29, 1.82) is 0 Å². The Labute approximate surface area is 201 Å². The van der Waals surface area contributed by atoms with Crippen molar-refractivity contribution in [2.24, 2.45) is 7.05 Å². The molecule has 3 aromatic carbocycles. The molecule has 6 rings (SSSR count). The number of fused-ring (bicyclic) bond motifs is 6. The minimum Gasteiger partial charge on any atom is -0.453 e. The van der Waals surface area contributed by atoms with Crippen LogP contribution >= 0.6 is 0 Å². The molecule has 0 atom stereocenters. The third-order valence-electron chi connectivity index (χ3n) is 7.27. The van der Waals surface area contributed by atoms with Gasteiger partial charge in [-0.25, -0.2) is 9.55 Å². The van der Waals surface area contributed by atoms with Crippen molar-refractivity contribution < 1.29 is 10.4 Å². The van der Waals surface area contributed by atoms with Gasteiger partial charge in [0.2, 0.25) is 5.69 Å². The zero-order chi connectivity index (χ0) is 24.6. The van der Waals surface area contributed by atoms with Crippen LogP contribution in [0.2, 0.25) is 0 Å². The van der Waals surface area contributed by atoms with Gasteiger partial charge in [0, 0.05) is 29.3 Å². The summed E-state index contributed by atoms with van der Waals surface area (Å²) in [5, 5.41) is 5.54. The van der Waals surface area contributed by atoms with Crippen molar-refractivity contribution in [3.63, 3.8) is 0 Å². The summed E-state index contributed by atoms with van der Waals surface area (Å²) in [6, 6.07) is 19.1. The standard InChI is InChI=1S/C31H29N2O/c1-17(2)21-11-12-24-22(16-21)13-14-33(6)29(24)27-19(4)18(3)15-26-28-31(34-30(26)27)25-10-8-7-9-23(25)20(5)32-28/h7-17H,1-6H3/q+1/i17D. The van der Waals surface area contributed by atoms with Crippen molar-refractivity contribution >= 4 is 43.6 Å². The Morgan fingerprint density at radius 2 is 1.65 bits per heavy atom. The molecule has 0 N–H and O–H groups in total. The van der Waals surface area contributed by atoms with Crippen LogP contribution in [0, 0.1) is 20.8 Å². The lowest BCUT2D eigenvalue weighted by atomic mass is 9.92. The van der Waals surface area contributed by atoms with Gasteiger partial charge in [0.15, 0.2) is 17.4 Å². The Hall–Kier alpha value is -3.72. The van der Waals surface area contributed by atoms with Crippen molar-refractivity contribution in [3.8, 4) is 11.3 Å². The van der Waals surface area contributed by atoms with Crippen LogP contribution in [0.3, 0.4) is 0 Å². The molecule has 0 amide bonds. The van der Waals surface area contributed by atoms with Gasteiger partial charge in [-0.3, -0.25) is 0 Å². The van der Waals surface area contributed by atoms with E-state index in [-0.39, 0.29) is 0 Å². The molecule has 0 radical (unpaired) electrons. The van der Waals surface area contributed by atoms with Crippen LogP contribution in [0.15, 0.2) is 65.2 Å². The van der Waals surface area contributed by atoms with Gasteiger partial charge in [0.25, 0.3) is 0 Å². The molecule has 0 saturated carbocycles. The molecule has 6 aromatic rings. The first kappa shape index (κ1) is 19.7. The van der Waals surface area contributed by atoms with E-state index in [1.54, 1.807) is 0 Å². The van der Waals surface area contributed by atoms with Gasteiger partial charge in [-0.05, 0) is 60.9 Å². The smallest absolute Gasteiger partial charge is 0.224 e. The second kappa shape index (κ2) is 7.39. The third-order valence-corrected chi connectivity index (χ3v) is 7.27. The molecule has 168 valence electrons. The quantitative estimate of drug-likeness (QED) is 0.254. The predicted molar refractivity (Wildman–Crippen MR) is 141 cm³/mol. The van der Waals surface area contributed by atoms with E-state index >= 15 is 0 Å². The number of benzene rings is 3. The molecular formula is C31H29N2O+. The highest BCUT2D eigenvalue weighted by Gasteiger charge is 2.26. The fourth-order valence-electron chi connectivity index (χ4n) is 5.25. The number of furan rings is 1. The first-order valence-electron chi connectivity index (χ1n) is 12.3. The second-order valence-electron chi connectivity index (χ2n) is 9.67. The monoisotopic (exact) mass is 446 g/mol. The van der Waals surface area contributed by atoms with E-state index in [4.69, 9.17) is 10.8 Å². The summed E-state index contributed by atoms with van der Waals surface area (Å²) < 4.78 is 17.4. The normalized spacial score (nSPS) is 12.8. The average Bonchev–Trinajstić information content (AvgIpc) is 3.18. The number of aromatic nitrogens is 2. The Balaban J connectivity index is 1.77. The van der Waals surface area contributed by atoms with Gasteiger partial charge < -0.3 is 4.42 Å². The first-order chi connectivity index (χ1) is 16.6. The van der Waals surface area contributed by atoms with Crippen LogP contribution in [0.25, 0.3) is 54.9 Å². The number of hydrogen-bond acceptors (Lipinski definition) is 2. The van der Waals surface area contributed by atoms with Crippen molar-refractivity contribution in [3.05, 3.63) is 83.2 Å². The molecule has 0 saturated heterocycles. The zero-order valence-corrected chi connectivity index (χ0v) is 20.6. The lowest BCUT2D eigenvalue weighted by Crippen LogP contribution is -2.31. The van der Waals surface area contributed by atoms with Crippen LogP contribution in [0.4, 0.5) is 0 Å². The van der Waals surface area contributed by atoms with Gasteiger partial charge in [-0.15, -0.1) is 0 Å². The maximum absolute atomic E-state index is 8.50. The van der Waals surface area contributed by atoms with Crippen LogP contribution in [-0.4, -0.2) is 4.98 Å². The lowest BCUT2D eigenvalue weighted by molar-refractivity contribution is -0.659. The lowest BCUT2D eigenvalue weighted by Gasteiger charge is -2.12. The Kier molecular flexibility index (Phi) is 4.29. The van der Waals surface area contributed by atoms with Gasteiger partial charge in [-0.1, -0.05) is 50.2 Å². The molecule has 3 aromatic heterocycles. The molecule has 0 bridgehead atoms. The molecule has 3 heterocycles. The van der Waals surface area contributed by atoms with Crippen molar-refractivity contribution in [1.82, 2.24) is 4.98 Å². The molecule has 3 nitrogen and oxygen atoms in total. The Morgan fingerprint density at radius 3 is 2.41 bits per heavy atom. The topological polar surface area (TPSA) is 29.9 Å². The predicted octanol–water partition coefficient (Wildman–Crippen LogP) is 7.83. The SMILES string of the molecule is [2H]C(C)(C)c1ccc2c(-c3c(C)c(C)cc4c3oc3c5ccccc5c(C)nc43)[n+](C)ccc2c1. The van der Waals surface area contributed by atoms with E-state index in [9.17, 15) is 0 Å². The van der Waals surface area contributed by atoms with E-state index in [1.807, 2.05) is 19.9 Å². The molecule has 0 unspecified atom stereocenters. The summed E-state index contributed by atoms with van der Waals surface area (Å²) in [5.74, 6) is -0.651. The minimum atomic E-state index is -0.651. The fourth-order valence-corrected chi connectivity index (χ4v) is 5.25. The summed E-state index contributed by atoms with van der Waals surface area (Å²) in [4.78, 5) is 5.00. The maximum atomic E-state index is 8.50. The van der Waals surface area contributed by atoms with E-state index in [0.29, 0.717) is 0 Å². The van der Waals surface area contributed by atoms with Gasteiger partial charge in [0.1, 0.15) is 12.6 Å². The summed E-state index contributed by atoms with van der Waals surface area (Å²) in [6.45, 7) is 10.3. The summed E-state index contributed by atoms with van der Waals surface area (Å²) in [6.07, 6.45) is 2.10. The van der Waals surface area contributed by atoms with Crippen LogP contribution in [0.1, 0.15) is 43.5 Å². The second-order valence-corrected chi connectivity index (χ2v) is 9.67. The van der Waals surface area contributed by atoms with Gasteiger partial charge in [0.05, 0.1) is 10.9 Å². The highest BCUT2D eigenvalue weighted by molar-refractivity contribution is 6.17. The van der Waals surface area contributed by atoms with Crippen molar-refractivity contribution in [2.45, 2.75) is 40.5 Å². The van der Waals surface area contributed by atoms with Gasteiger partial charge >= 0.3 is 0 Å². The molecule has 0 fully saturated rings. The third kappa shape index (κ3) is 2.89. The molecule has 0 aliphatic heterocycles. The summed E-state index contributed by atoms with van der Waals surface area (Å²) in [7, 11) is 2.09. The minimum absolute atomic E-state index is 0.651. The van der Waals surface area contributed by atoms with E-state index < -0.39 is 5.89 Å². The number of nitrogens with zero attached hydrogens (tertiary/aromatic N) is 2. The fraction of sp³-hybridized carbons (Fsp3) is 0.226. The zero-order valence-electron chi connectivity index (χ0n) is 21.6. The highest BCUT2D eigenvalue weighted by atomic mass is 16.3. The first-order valence-corrected chi connectivity index (χ1v) is 11.8. The van der Waals surface area contributed by atoms with E-state index in [1.165, 1.54) is 11.1 Å². The molecule has 0 aliphatic carbocycles. The maximum Gasteiger partial charge on any atom is 0.224 e. The summed E-state index contributed by atoms with van der Waals surface area (Å²) in [5.41, 5.74) is 9.28. The van der Waals surface area contributed by atoms with Crippen LogP contribution in [0.5, 0.6) is 0 Å². The number of hydrogen-bond donors (Lipinski definition) is 0. The van der Waals surface area contributed by atoms with E-state index in [0.717, 1.165) is 66.1 Å². The number of aryl methyl sites for hydroxylation is 3. The van der Waals surface area contributed by atoms with Crippen LogP contribution < -0.4 is 4.57 Å². The Bertz CT molecular complexity index is 1820. The van der Waals surface area contributed by atoms with Gasteiger partial charge in [-0.2, -0.15) is 0 Å². The number of pyridine rings is 2. The molecular weight excluding hydrogens is 416 g/mol. The van der Waals surface area contributed by atoms with Crippen molar-refractivity contribution in [2.75, 3.05) is 0 Å². The van der Waals surface area contributed by atoms with Crippen LogP contribution in [-0.2, 0) is 7.05 Å². The molecule has 3 heteroatoms. The number of rotatable bonds is 2. The molecule has 34 heavy (non-hydrogen) atoms.